The Bertz CT molecular complexity index is 946. The minimum absolute atomic E-state index is 0.0959. The number of hydrogen-bond acceptors (Lipinski definition) is 5. The van der Waals surface area contributed by atoms with E-state index in [2.05, 4.69) is 10.2 Å². The van der Waals surface area contributed by atoms with Gasteiger partial charge < -0.3 is 15.1 Å². The van der Waals surface area contributed by atoms with Crippen molar-refractivity contribution in [3.05, 3.63) is 52.7 Å². The van der Waals surface area contributed by atoms with Crippen LogP contribution in [0.3, 0.4) is 0 Å². The number of aromatic nitrogens is 2. The zero-order valence-electron chi connectivity index (χ0n) is 18.8. The van der Waals surface area contributed by atoms with E-state index in [1.165, 1.54) is 29.9 Å². The number of amides is 1. The van der Waals surface area contributed by atoms with Crippen LogP contribution < -0.4 is 5.32 Å². The first-order valence-corrected chi connectivity index (χ1v) is 11.5. The van der Waals surface area contributed by atoms with Gasteiger partial charge in [0.05, 0.1) is 17.9 Å². The molecule has 2 aliphatic heterocycles. The van der Waals surface area contributed by atoms with Crippen LogP contribution in [0.15, 0.2) is 24.3 Å². The number of hydrogen-bond donors (Lipinski definition) is 1. The molecule has 3 heterocycles. The van der Waals surface area contributed by atoms with Crippen LogP contribution in [0.25, 0.3) is 0 Å². The number of nitrogens with zero attached hydrogens (tertiary/aromatic N) is 4. The molecule has 2 atom stereocenters. The number of nitrogens with one attached hydrogen (secondary N) is 1. The number of halogens is 2. The third-order valence-corrected chi connectivity index (χ3v) is 6.42. The predicted octanol–water partition coefficient (Wildman–Crippen LogP) is 3.77. The highest BCUT2D eigenvalue weighted by molar-refractivity contribution is 5.93. The van der Waals surface area contributed by atoms with Crippen molar-refractivity contribution in [1.29, 1.82) is 0 Å². The molecule has 172 valence electrons. The highest BCUT2D eigenvalue weighted by Gasteiger charge is 2.30. The zero-order chi connectivity index (χ0) is 22.7. The lowest BCUT2D eigenvalue weighted by Crippen LogP contribution is -2.31. The average molecular weight is 444 g/mol. The predicted molar refractivity (Wildman–Crippen MR) is 120 cm³/mol. The molecule has 2 unspecified atom stereocenters. The number of benzene rings is 1. The summed E-state index contributed by atoms with van der Waals surface area (Å²) in [4.78, 5) is 26.4. The maximum absolute atomic E-state index is 13.7. The molecule has 2 aromatic rings. The molecule has 0 spiro atoms. The summed E-state index contributed by atoms with van der Waals surface area (Å²) in [6.07, 6.45) is 1.83. The fourth-order valence-corrected chi connectivity index (χ4v) is 4.47. The van der Waals surface area contributed by atoms with Gasteiger partial charge in [0.1, 0.15) is 23.5 Å². The molecule has 0 radical (unpaired) electrons. The van der Waals surface area contributed by atoms with E-state index in [-0.39, 0.29) is 29.9 Å². The largest absolute Gasteiger partial charge is 0.367 e. The van der Waals surface area contributed by atoms with Crippen LogP contribution in [0.4, 0.5) is 14.6 Å². The van der Waals surface area contributed by atoms with Crippen molar-refractivity contribution in [2.24, 2.45) is 0 Å². The Balaban J connectivity index is 1.62. The number of carbonyl (C=O) groups is 1. The molecule has 32 heavy (non-hydrogen) atoms. The monoisotopic (exact) mass is 443 g/mol. The van der Waals surface area contributed by atoms with Crippen LogP contribution >= 0.6 is 0 Å². The van der Waals surface area contributed by atoms with Crippen LogP contribution in [0.5, 0.6) is 0 Å². The summed E-state index contributed by atoms with van der Waals surface area (Å²) in [5.74, 6) is -0.145. The minimum Gasteiger partial charge on any atom is -0.367 e. The van der Waals surface area contributed by atoms with E-state index in [1.807, 2.05) is 6.92 Å². The Morgan fingerprint density at radius 1 is 1.19 bits per heavy atom. The molecule has 0 bridgehead atoms. The van der Waals surface area contributed by atoms with Gasteiger partial charge in [-0.05, 0) is 57.0 Å². The van der Waals surface area contributed by atoms with Gasteiger partial charge >= 0.3 is 0 Å². The Morgan fingerprint density at radius 2 is 1.91 bits per heavy atom. The smallest absolute Gasteiger partial charge is 0.274 e. The molecule has 4 rings (SSSR count). The second-order valence-electron chi connectivity index (χ2n) is 8.78. The van der Waals surface area contributed by atoms with Crippen LogP contribution in [-0.4, -0.2) is 71.1 Å². The van der Waals surface area contributed by atoms with Crippen LogP contribution in [0.1, 0.15) is 59.5 Å². The maximum Gasteiger partial charge on any atom is 0.274 e. The third-order valence-electron chi connectivity index (χ3n) is 6.42. The van der Waals surface area contributed by atoms with E-state index in [9.17, 15) is 13.6 Å². The first-order valence-electron chi connectivity index (χ1n) is 11.5. The zero-order valence-corrected chi connectivity index (χ0v) is 18.8. The normalized spacial score (nSPS) is 20.0. The van der Waals surface area contributed by atoms with Gasteiger partial charge in [-0.15, -0.1) is 0 Å². The van der Waals surface area contributed by atoms with Crippen molar-refractivity contribution in [3.8, 4) is 0 Å². The van der Waals surface area contributed by atoms with Gasteiger partial charge in [-0.3, -0.25) is 4.79 Å². The first kappa shape index (κ1) is 22.6. The molecule has 2 aliphatic rings. The second-order valence-corrected chi connectivity index (χ2v) is 8.78. The van der Waals surface area contributed by atoms with Crippen molar-refractivity contribution in [2.45, 2.75) is 45.2 Å². The molecular weight excluding hydrogens is 412 g/mol. The van der Waals surface area contributed by atoms with Crippen LogP contribution in [0, 0.1) is 12.7 Å². The van der Waals surface area contributed by atoms with E-state index >= 15 is 0 Å². The standard InChI is InChI=1S/C24H31F2N5O/c1-16(18-5-7-19(25)8-6-18)21-23(27-10-14-30-11-3-4-12-30)28-17(2)22(29-21)24(32)31-13-9-20(26)15-31/h5-8,16,20H,3-4,9-15H2,1-2H3,(H,27,28). The molecular formula is C24H31F2N5O. The lowest BCUT2D eigenvalue weighted by atomic mass is 9.97. The molecule has 2 saturated heterocycles. The van der Waals surface area contributed by atoms with E-state index in [4.69, 9.17) is 9.97 Å². The molecule has 0 saturated carbocycles. The Morgan fingerprint density at radius 3 is 2.56 bits per heavy atom. The topological polar surface area (TPSA) is 61.4 Å². The molecule has 1 amide bonds. The highest BCUT2D eigenvalue weighted by Crippen LogP contribution is 2.29. The number of anilines is 1. The number of carbonyl (C=O) groups excluding carboxylic acids is 1. The molecule has 1 N–H and O–H groups in total. The lowest BCUT2D eigenvalue weighted by Gasteiger charge is -2.22. The first-order chi connectivity index (χ1) is 15.4. The minimum atomic E-state index is -0.989. The number of alkyl halides is 1. The molecule has 2 fully saturated rings. The quantitative estimate of drug-likeness (QED) is 0.706. The van der Waals surface area contributed by atoms with Gasteiger partial charge in [0.2, 0.25) is 0 Å². The van der Waals surface area contributed by atoms with Gasteiger partial charge in [0.25, 0.3) is 5.91 Å². The van der Waals surface area contributed by atoms with Crippen molar-refractivity contribution in [2.75, 3.05) is 44.6 Å². The van der Waals surface area contributed by atoms with Gasteiger partial charge in [0.15, 0.2) is 0 Å². The van der Waals surface area contributed by atoms with E-state index in [1.54, 1.807) is 19.1 Å². The number of rotatable bonds is 7. The fraction of sp³-hybridized carbons (Fsp3) is 0.542. The average Bonchev–Trinajstić information content (AvgIpc) is 3.45. The van der Waals surface area contributed by atoms with Gasteiger partial charge in [0, 0.05) is 25.6 Å². The van der Waals surface area contributed by atoms with Gasteiger partial charge in [-0.25, -0.2) is 18.7 Å². The Labute approximate surface area is 188 Å². The Hall–Kier alpha value is -2.61. The summed E-state index contributed by atoms with van der Waals surface area (Å²) in [6.45, 7) is 8.09. The van der Waals surface area contributed by atoms with E-state index in [0.717, 1.165) is 31.7 Å². The lowest BCUT2D eigenvalue weighted by molar-refractivity contribution is 0.0775. The SMILES string of the molecule is Cc1nc(NCCN2CCCC2)c(C(C)c2ccc(F)cc2)nc1C(=O)N1CCC(F)C1. The van der Waals surface area contributed by atoms with Crippen LogP contribution in [0.2, 0.25) is 0 Å². The van der Waals surface area contributed by atoms with Crippen molar-refractivity contribution < 1.29 is 13.6 Å². The summed E-state index contributed by atoms with van der Waals surface area (Å²) >= 11 is 0. The van der Waals surface area contributed by atoms with E-state index in [0.29, 0.717) is 30.2 Å². The molecule has 8 heteroatoms. The number of likely N-dealkylation sites (tertiary alicyclic amines) is 2. The third kappa shape index (κ3) is 5.06. The van der Waals surface area contributed by atoms with Gasteiger partial charge in [-0.2, -0.15) is 0 Å². The summed E-state index contributed by atoms with van der Waals surface area (Å²) in [6, 6.07) is 6.30. The number of aryl methyl sites for hydroxylation is 1. The molecule has 0 aliphatic carbocycles. The maximum atomic E-state index is 13.7. The molecule has 1 aromatic carbocycles. The van der Waals surface area contributed by atoms with Gasteiger partial charge in [-0.1, -0.05) is 19.1 Å². The summed E-state index contributed by atoms with van der Waals surface area (Å²) in [5.41, 5.74) is 2.31. The van der Waals surface area contributed by atoms with Crippen molar-refractivity contribution in [3.63, 3.8) is 0 Å². The van der Waals surface area contributed by atoms with Crippen molar-refractivity contribution >= 4 is 11.7 Å². The van der Waals surface area contributed by atoms with E-state index < -0.39 is 6.17 Å². The fourth-order valence-electron chi connectivity index (χ4n) is 4.47. The van der Waals surface area contributed by atoms with Crippen LogP contribution in [-0.2, 0) is 0 Å². The molecule has 1 aromatic heterocycles. The van der Waals surface area contributed by atoms with Crippen molar-refractivity contribution in [1.82, 2.24) is 19.8 Å². The summed E-state index contributed by atoms with van der Waals surface area (Å²) in [5, 5.41) is 3.41. The highest BCUT2D eigenvalue weighted by atomic mass is 19.1. The molecule has 6 nitrogen and oxygen atoms in total. The summed E-state index contributed by atoms with van der Waals surface area (Å²) < 4.78 is 27.1. The Kier molecular flexibility index (Phi) is 6.98. The summed E-state index contributed by atoms with van der Waals surface area (Å²) in [7, 11) is 0. The second kappa shape index (κ2) is 9.90.